The second-order valence-corrected chi connectivity index (χ2v) is 7.76. The van der Waals surface area contributed by atoms with Crippen molar-refractivity contribution in [3.8, 4) is 5.75 Å². The van der Waals surface area contributed by atoms with E-state index in [-0.39, 0.29) is 23.5 Å². The van der Waals surface area contributed by atoms with Gasteiger partial charge in [0, 0.05) is 23.5 Å². The summed E-state index contributed by atoms with van der Waals surface area (Å²) in [4.78, 5) is 23.6. The average molecular weight is 497 g/mol. The Kier molecular flexibility index (Phi) is 7.97. The largest absolute Gasteiger partial charge is 0.497 e. The fourth-order valence-electron chi connectivity index (χ4n) is 3.18. The molecular formula is C26H24N8O3. The van der Waals surface area contributed by atoms with E-state index in [0.717, 1.165) is 22.6 Å². The second-order valence-electron chi connectivity index (χ2n) is 7.76. The van der Waals surface area contributed by atoms with Crippen LogP contribution in [0.2, 0.25) is 0 Å². The molecule has 3 N–H and O–H groups in total. The number of hydrogen-bond donors (Lipinski definition) is 3. The molecule has 11 nitrogen and oxygen atoms in total. The van der Waals surface area contributed by atoms with Crippen molar-refractivity contribution in [2.24, 2.45) is 5.10 Å². The summed E-state index contributed by atoms with van der Waals surface area (Å²) in [6, 6.07) is 23.1. The molecule has 0 aliphatic heterocycles. The molecule has 0 fully saturated rings. The zero-order valence-electron chi connectivity index (χ0n) is 20.1. The maximum Gasteiger partial charge on any atom is 0.269 e. The van der Waals surface area contributed by atoms with Gasteiger partial charge < -0.3 is 15.4 Å². The number of hydrazone groups is 1. The Morgan fingerprint density at radius 1 is 0.865 bits per heavy atom. The van der Waals surface area contributed by atoms with Gasteiger partial charge in [0.1, 0.15) is 5.75 Å². The molecule has 0 saturated heterocycles. The van der Waals surface area contributed by atoms with Crippen molar-refractivity contribution in [2.75, 3.05) is 23.2 Å². The Morgan fingerprint density at radius 2 is 1.43 bits per heavy atom. The van der Waals surface area contributed by atoms with Gasteiger partial charge in [-0.25, -0.2) is 5.43 Å². The number of nitrogens with one attached hydrogen (secondary N) is 3. The van der Waals surface area contributed by atoms with Crippen LogP contribution in [0.4, 0.5) is 34.9 Å². The topological polar surface area (TPSA) is 139 Å². The highest BCUT2D eigenvalue weighted by Crippen LogP contribution is 2.22. The van der Waals surface area contributed by atoms with E-state index in [1.165, 1.54) is 12.1 Å². The van der Waals surface area contributed by atoms with Gasteiger partial charge in [-0.15, -0.1) is 0 Å². The first kappa shape index (κ1) is 24.8. The van der Waals surface area contributed by atoms with Gasteiger partial charge in [0.15, 0.2) is 0 Å². The third-order valence-electron chi connectivity index (χ3n) is 4.94. The minimum Gasteiger partial charge on any atom is -0.497 e. The summed E-state index contributed by atoms with van der Waals surface area (Å²) >= 11 is 0. The van der Waals surface area contributed by atoms with E-state index in [4.69, 9.17) is 4.74 Å². The standard InChI is InChI=1S/C26H24N8O3/c1-18(16-19-6-4-3-5-7-19)17-27-33-26-31-24(28-20-8-12-22(13-9-20)34(35)36)30-25(32-26)29-21-10-14-23(37-2)15-11-21/h3-17H,1-2H3,(H3,28,29,30,31,32,33)/b18-16+,27-17-. The highest BCUT2D eigenvalue weighted by Gasteiger charge is 2.09. The van der Waals surface area contributed by atoms with Crippen molar-refractivity contribution >= 4 is 47.2 Å². The lowest BCUT2D eigenvalue weighted by molar-refractivity contribution is -0.384. The number of nitro groups is 1. The fourth-order valence-corrected chi connectivity index (χ4v) is 3.18. The van der Waals surface area contributed by atoms with Crippen LogP contribution in [-0.2, 0) is 0 Å². The number of benzene rings is 3. The fraction of sp³-hybridized carbons (Fsp3) is 0.0769. The van der Waals surface area contributed by atoms with Gasteiger partial charge in [0.05, 0.1) is 18.2 Å². The molecule has 0 bridgehead atoms. The number of non-ortho nitro benzene ring substituents is 1. The molecule has 3 aromatic carbocycles. The Bertz CT molecular complexity index is 1410. The molecule has 4 aromatic rings. The minimum absolute atomic E-state index is 0.0151. The van der Waals surface area contributed by atoms with Crippen LogP contribution in [-0.4, -0.2) is 33.2 Å². The smallest absolute Gasteiger partial charge is 0.269 e. The van der Waals surface area contributed by atoms with Crippen LogP contribution < -0.4 is 20.8 Å². The van der Waals surface area contributed by atoms with Gasteiger partial charge in [0.25, 0.3) is 5.69 Å². The maximum absolute atomic E-state index is 10.9. The summed E-state index contributed by atoms with van der Waals surface area (Å²) in [6.07, 6.45) is 3.66. The number of hydrogen-bond acceptors (Lipinski definition) is 10. The monoisotopic (exact) mass is 496 g/mol. The predicted molar refractivity (Wildman–Crippen MR) is 145 cm³/mol. The van der Waals surface area contributed by atoms with E-state index in [2.05, 4.69) is 36.1 Å². The first-order valence-corrected chi connectivity index (χ1v) is 11.2. The first-order valence-electron chi connectivity index (χ1n) is 11.2. The zero-order valence-corrected chi connectivity index (χ0v) is 20.1. The first-order chi connectivity index (χ1) is 18.0. The van der Waals surface area contributed by atoms with Crippen molar-refractivity contribution in [3.63, 3.8) is 0 Å². The summed E-state index contributed by atoms with van der Waals surface area (Å²) in [5.41, 5.74) is 6.12. The second kappa shape index (κ2) is 11.9. The molecule has 0 aliphatic carbocycles. The Morgan fingerprint density at radius 3 is 2.00 bits per heavy atom. The molecule has 4 rings (SSSR count). The van der Waals surface area contributed by atoms with E-state index >= 15 is 0 Å². The number of allylic oxidation sites excluding steroid dienone is 1. The summed E-state index contributed by atoms with van der Waals surface area (Å²) in [6.45, 7) is 1.93. The van der Waals surface area contributed by atoms with E-state index in [0.29, 0.717) is 5.69 Å². The highest BCUT2D eigenvalue weighted by molar-refractivity contribution is 5.85. The third kappa shape index (κ3) is 7.33. The molecule has 1 heterocycles. The van der Waals surface area contributed by atoms with Crippen molar-refractivity contribution in [1.82, 2.24) is 15.0 Å². The van der Waals surface area contributed by atoms with Gasteiger partial charge in [0.2, 0.25) is 17.8 Å². The molecule has 11 heteroatoms. The van der Waals surface area contributed by atoms with Crippen LogP contribution in [0.25, 0.3) is 6.08 Å². The Hall–Kier alpha value is -5.32. The molecule has 0 unspecified atom stereocenters. The number of rotatable bonds is 10. The lowest BCUT2D eigenvalue weighted by Crippen LogP contribution is -2.07. The van der Waals surface area contributed by atoms with Crippen LogP contribution >= 0.6 is 0 Å². The molecule has 37 heavy (non-hydrogen) atoms. The number of nitro benzene ring substituents is 1. The highest BCUT2D eigenvalue weighted by atomic mass is 16.6. The molecule has 0 spiro atoms. The van der Waals surface area contributed by atoms with Crippen molar-refractivity contribution in [1.29, 1.82) is 0 Å². The average Bonchev–Trinajstić information content (AvgIpc) is 2.90. The number of ether oxygens (including phenoxy) is 1. The molecule has 0 atom stereocenters. The summed E-state index contributed by atoms with van der Waals surface area (Å²) in [5.74, 6) is 1.39. The van der Waals surface area contributed by atoms with Gasteiger partial charge in [-0.05, 0) is 54.5 Å². The molecule has 0 aliphatic rings. The van der Waals surface area contributed by atoms with Crippen molar-refractivity contribution in [2.45, 2.75) is 6.92 Å². The van der Waals surface area contributed by atoms with Crippen molar-refractivity contribution < 1.29 is 9.66 Å². The van der Waals surface area contributed by atoms with E-state index in [9.17, 15) is 10.1 Å². The van der Waals surface area contributed by atoms with Crippen LogP contribution in [0.15, 0.2) is 89.5 Å². The quantitative estimate of drug-likeness (QED) is 0.142. The lowest BCUT2D eigenvalue weighted by atomic mass is 10.1. The predicted octanol–water partition coefficient (Wildman–Crippen LogP) is 5.78. The van der Waals surface area contributed by atoms with Gasteiger partial charge >= 0.3 is 0 Å². The van der Waals surface area contributed by atoms with E-state index < -0.39 is 4.92 Å². The van der Waals surface area contributed by atoms with E-state index in [1.54, 1.807) is 25.5 Å². The van der Waals surface area contributed by atoms with Gasteiger partial charge in [-0.3, -0.25) is 10.1 Å². The third-order valence-corrected chi connectivity index (χ3v) is 4.94. The molecule has 1 aromatic heterocycles. The Labute approximate surface area is 213 Å². The zero-order chi connectivity index (χ0) is 26.0. The number of nitrogens with zero attached hydrogens (tertiary/aromatic N) is 5. The van der Waals surface area contributed by atoms with E-state index in [1.807, 2.05) is 67.6 Å². The Balaban J connectivity index is 1.55. The normalized spacial score (nSPS) is 11.2. The summed E-state index contributed by atoms with van der Waals surface area (Å²) in [7, 11) is 1.60. The molecule has 0 amide bonds. The lowest BCUT2D eigenvalue weighted by Gasteiger charge is -2.10. The molecule has 0 saturated carbocycles. The SMILES string of the molecule is COc1ccc(Nc2nc(N/N=C\C(C)=C\c3ccccc3)nc(Nc3ccc([N+](=O)[O-])cc3)n2)cc1. The van der Waals surface area contributed by atoms with Gasteiger partial charge in [-0.2, -0.15) is 20.1 Å². The number of aromatic nitrogens is 3. The molecule has 0 radical (unpaired) electrons. The molecule has 186 valence electrons. The number of anilines is 5. The molecular weight excluding hydrogens is 472 g/mol. The van der Waals surface area contributed by atoms with Crippen LogP contribution in [0, 0.1) is 10.1 Å². The summed E-state index contributed by atoms with van der Waals surface area (Å²) < 4.78 is 5.20. The van der Waals surface area contributed by atoms with Crippen LogP contribution in [0.5, 0.6) is 5.75 Å². The minimum atomic E-state index is -0.460. The van der Waals surface area contributed by atoms with Crippen LogP contribution in [0.1, 0.15) is 12.5 Å². The van der Waals surface area contributed by atoms with Crippen molar-refractivity contribution in [3.05, 3.63) is 100 Å². The maximum atomic E-state index is 10.9. The number of methoxy groups -OCH3 is 1. The van der Waals surface area contributed by atoms with Gasteiger partial charge in [-0.1, -0.05) is 36.4 Å². The van der Waals surface area contributed by atoms with Crippen LogP contribution in [0.3, 0.4) is 0 Å². The summed E-state index contributed by atoms with van der Waals surface area (Å²) in [5, 5.41) is 21.3.